The minimum absolute atomic E-state index is 0.394. The van der Waals surface area contributed by atoms with Gasteiger partial charge in [-0.05, 0) is 6.92 Å². The van der Waals surface area contributed by atoms with E-state index in [1.807, 2.05) is 0 Å². The van der Waals surface area contributed by atoms with Crippen LogP contribution in [0.4, 0.5) is 0 Å². The van der Waals surface area contributed by atoms with Crippen molar-refractivity contribution in [2.24, 2.45) is 7.05 Å². The van der Waals surface area contributed by atoms with E-state index < -0.39 is 11.1 Å². The fourth-order valence-electron chi connectivity index (χ4n) is 0.680. The number of aromatic nitrogens is 3. The lowest BCUT2D eigenvalue weighted by atomic mass is 10.7. The molecule has 0 spiro atoms. The maximum atomic E-state index is 11.0. The van der Waals surface area contributed by atoms with Crippen molar-refractivity contribution in [2.45, 2.75) is 13.5 Å². The van der Waals surface area contributed by atoms with E-state index in [4.69, 9.17) is 0 Å². The third-order valence-corrected chi connectivity index (χ3v) is 1.34. The van der Waals surface area contributed by atoms with Gasteiger partial charge >= 0.3 is 11.1 Å². The van der Waals surface area contributed by atoms with Crippen LogP contribution in [0.3, 0.4) is 0 Å². The highest BCUT2D eigenvalue weighted by atomic mass is 16.2. The molecule has 0 saturated carbocycles. The van der Waals surface area contributed by atoms with Gasteiger partial charge in [-0.2, -0.15) is 0 Å². The van der Waals surface area contributed by atoms with Crippen molar-refractivity contribution in [3.05, 3.63) is 27.0 Å². The molecule has 0 aliphatic heterocycles. The SMILES string of the molecule is CCn1n[c]n(C)c(=O)c1=O. The smallest absolute Gasteiger partial charge is 0.287 e. The van der Waals surface area contributed by atoms with Gasteiger partial charge in [0.25, 0.3) is 0 Å². The van der Waals surface area contributed by atoms with Crippen LogP contribution in [-0.4, -0.2) is 14.3 Å². The quantitative estimate of drug-likeness (QED) is 0.475. The largest absolute Gasteiger partial charge is 0.332 e. The number of rotatable bonds is 1. The standard InChI is InChI=1S/C6H8N3O2/c1-3-9-6(11)5(10)8(2)4-7-9/h3H2,1-2H3. The molecular weight excluding hydrogens is 146 g/mol. The van der Waals surface area contributed by atoms with E-state index in [1.54, 1.807) is 6.92 Å². The van der Waals surface area contributed by atoms with Crippen molar-refractivity contribution in [3.8, 4) is 0 Å². The Hall–Kier alpha value is -1.39. The third-order valence-electron chi connectivity index (χ3n) is 1.34. The molecule has 0 fully saturated rings. The van der Waals surface area contributed by atoms with Crippen LogP contribution in [0.5, 0.6) is 0 Å². The second kappa shape index (κ2) is 2.69. The molecule has 0 N–H and O–H groups in total. The topological polar surface area (TPSA) is 56.9 Å². The Balaban J connectivity index is 3.51. The first-order chi connectivity index (χ1) is 5.16. The van der Waals surface area contributed by atoms with Crippen molar-refractivity contribution in [2.75, 3.05) is 0 Å². The fourth-order valence-corrected chi connectivity index (χ4v) is 0.680. The summed E-state index contributed by atoms with van der Waals surface area (Å²) in [6.07, 6.45) is 2.38. The monoisotopic (exact) mass is 154 g/mol. The molecule has 5 nitrogen and oxygen atoms in total. The highest BCUT2D eigenvalue weighted by Gasteiger charge is 2.00. The molecule has 5 heteroatoms. The first-order valence-electron chi connectivity index (χ1n) is 3.22. The molecule has 0 aliphatic rings. The molecule has 11 heavy (non-hydrogen) atoms. The van der Waals surface area contributed by atoms with Gasteiger partial charge in [0.15, 0.2) is 0 Å². The Labute approximate surface area is 62.9 Å². The Morgan fingerprint density at radius 2 is 2.09 bits per heavy atom. The number of hydrogen-bond acceptors (Lipinski definition) is 3. The fraction of sp³-hybridized carbons (Fsp3) is 0.500. The molecule has 0 bridgehead atoms. The molecular formula is C6H8N3O2. The predicted octanol–water partition coefficient (Wildman–Crippen LogP) is -1.24. The van der Waals surface area contributed by atoms with Gasteiger partial charge in [0.2, 0.25) is 6.33 Å². The van der Waals surface area contributed by atoms with Crippen molar-refractivity contribution < 1.29 is 0 Å². The minimum atomic E-state index is -0.603. The summed E-state index contributed by atoms with van der Waals surface area (Å²) in [6.45, 7) is 2.13. The van der Waals surface area contributed by atoms with E-state index in [0.717, 1.165) is 9.25 Å². The van der Waals surface area contributed by atoms with Gasteiger partial charge in [0, 0.05) is 13.6 Å². The minimum Gasteiger partial charge on any atom is -0.287 e. The molecule has 1 heterocycles. The van der Waals surface area contributed by atoms with Crippen LogP contribution in [0.2, 0.25) is 0 Å². The summed E-state index contributed by atoms with van der Waals surface area (Å²) in [7, 11) is 1.44. The van der Waals surface area contributed by atoms with Gasteiger partial charge in [-0.15, -0.1) is 5.10 Å². The summed E-state index contributed by atoms with van der Waals surface area (Å²) in [4.78, 5) is 21.9. The van der Waals surface area contributed by atoms with E-state index in [0.29, 0.717) is 6.54 Å². The zero-order chi connectivity index (χ0) is 8.43. The molecule has 0 atom stereocenters. The summed E-state index contributed by atoms with van der Waals surface area (Å²) in [6, 6.07) is 0. The molecule has 0 aliphatic carbocycles. The third kappa shape index (κ3) is 1.21. The van der Waals surface area contributed by atoms with Crippen molar-refractivity contribution in [1.82, 2.24) is 14.3 Å². The lowest BCUT2D eigenvalue weighted by Crippen LogP contribution is -2.41. The van der Waals surface area contributed by atoms with Gasteiger partial charge in [-0.1, -0.05) is 0 Å². The number of nitrogens with zero attached hydrogens (tertiary/aromatic N) is 3. The number of aryl methyl sites for hydroxylation is 2. The second-order valence-corrected chi connectivity index (χ2v) is 2.09. The zero-order valence-electron chi connectivity index (χ0n) is 6.37. The Kier molecular flexibility index (Phi) is 1.89. The Morgan fingerprint density at radius 3 is 2.64 bits per heavy atom. The van der Waals surface area contributed by atoms with Crippen LogP contribution in [0.15, 0.2) is 9.59 Å². The normalized spacial score (nSPS) is 10.0. The molecule has 1 aromatic rings. The first kappa shape index (κ1) is 7.71. The maximum Gasteiger partial charge on any atom is 0.332 e. The van der Waals surface area contributed by atoms with Crippen LogP contribution in [0.25, 0.3) is 0 Å². The van der Waals surface area contributed by atoms with Gasteiger partial charge in [-0.25, -0.2) is 4.68 Å². The van der Waals surface area contributed by atoms with Crippen molar-refractivity contribution in [1.29, 1.82) is 0 Å². The first-order valence-corrected chi connectivity index (χ1v) is 3.22. The zero-order valence-corrected chi connectivity index (χ0v) is 6.37. The van der Waals surface area contributed by atoms with Crippen LogP contribution in [0, 0.1) is 6.33 Å². The summed E-state index contributed by atoms with van der Waals surface area (Å²) in [5.74, 6) is 0. The lowest BCUT2D eigenvalue weighted by molar-refractivity contribution is 0.564. The van der Waals surface area contributed by atoms with E-state index in [1.165, 1.54) is 7.05 Å². The van der Waals surface area contributed by atoms with E-state index >= 15 is 0 Å². The Morgan fingerprint density at radius 1 is 1.45 bits per heavy atom. The van der Waals surface area contributed by atoms with Gasteiger partial charge in [0.1, 0.15) is 0 Å². The van der Waals surface area contributed by atoms with E-state index in [9.17, 15) is 9.59 Å². The summed E-state index contributed by atoms with van der Waals surface area (Å²) in [5, 5.41) is 3.60. The molecule has 59 valence electrons. The van der Waals surface area contributed by atoms with Gasteiger partial charge < -0.3 is 0 Å². The molecule has 1 rings (SSSR count). The van der Waals surface area contributed by atoms with Crippen LogP contribution in [0.1, 0.15) is 6.92 Å². The van der Waals surface area contributed by atoms with Crippen LogP contribution >= 0.6 is 0 Å². The molecule has 0 amide bonds. The van der Waals surface area contributed by atoms with Crippen LogP contribution < -0.4 is 11.1 Å². The highest BCUT2D eigenvalue weighted by Crippen LogP contribution is 1.67. The van der Waals surface area contributed by atoms with Crippen molar-refractivity contribution >= 4 is 0 Å². The van der Waals surface area contributed by atoms with Crippen LogP contribution in [-0.2, 0) is 13.6 Å². The molecule has 1 radical (unpaired) electrons. The van der Waals surface area contributed by atoms with Gasteiger partial charge in [0.05, 0.1) is 0 Å². The summed E-state index contributed by atoms with van der Waals surface area (Å²) < 4.78 is 2.11. The Bertz CT molecular complexity index is 363. The maximum absolute atomic E-state index is 11.0. The van der Waals surface area contributed by atoms with Crippen molar-refractivity contribution in [3.63, 3.8) is 0 Å². The average molecular weight is 154 g/mol. The molecule has 0 aromatic carbocycles. The molecule has 0 saturated heterocycles. The average Bonchev–Trinajstić information content (AvgIpc) is 2.01. The number of hydrogen-bond donors (Lipinski definition) is 0. The summed E-state index contributed by atoms with van der Waals surface area (Å²) >= 11 is 0. The molecule has 0 unspecified atom stereocenters. The van der Waals surface area contributed by atoms with Gasteiger partial charge in [-0.3, -0.25) is 14.2 Å². The second-order valence-electron chi connectivity index (χ2n) is 2.09. The lowest BCUT2D eigenvalue weighted by Gasteiger charge is -1.97. The highest BCUT2D eigenvalue weighted by molar-refractivity contribution is 4.74. The molecule has 1 aromatic heterocycles. The predicted molar refractivity (Wildman–Crippen MR) is 38.2 cm³/mol. The van der Waals surface area contributed by atoms with E-state index in [2.05, 4.69) is 11.4 Å². The van der Waals surface area contributed by atoms with E-state index in [-0.39, 0.29) is 0 Å². The summed E-state index contributed by atoms with van der Waals surface area (Å²) in [5.41, 5.74) is -1.20.